The highest BCUT2D eigenvalue weighted by molar-refractivity contribution is 5.87. The smallest absolute Gasteiger partial charge is 0.152 e. The largest absolute Gasteiger partial charge is 0.396 e. The molecule has 0 aliphatic rings. The predicted octanol–water partition coefficient (Wildman–Crippen LogP) is 8.59. The van der Waals surface area contributed by atoms with Crippen LogP contribution in [0.1, 0.15) is 142 Å². The Bertz CT molecular complexity index is 773. The summed E-state index contributed by atoms with van der Waals surface area (Å²) >= 11 is 0. The molecule has 0 radical (unpaired) electrons. The van der Waals surface area contributed by atoms with Crippen LogP contribution in [0.2, 0.25) is 0 Å². The van der Waals surface area contributed by atoms with E-state index in [1.807, 2.05) is 0 Å². The van der Waals surface area contributed by atoms with Crippen molar-refractivity contribution < 1.29 is 14.7 Å². The molecule has 2 unspecified atom stereocenters. The van der Waals surface area contributed by atoms with Crippen LogP contribution in [-0.2, 0) is 9.59 Å². The van der Waals surface area contributed by atoms with Gasteiger partial charge >= 0.3 is 0 Å². The fourth-order valence-electron chi connectivity index (χ4n) is 5.89. The molecule has 0 aliphatic carbocycles. The quantitative estimate of drug-likeness (QED) is 0.190. The number of ketones is 2. The molecule has 0 aromatic heterocycles. The minimum absolute atomic E-state index is 0.0278. The third kappa shape index (κ3) is 8.63. The van der Waals surface area contributed by atoms with Crippen LogP contribution in [0.15, 0.2) is 0 Å². The summed E-state index contributed by atoms with van der Waals surface area (Å²) in [5, 5.41) is 9.50. The Kier molecular flexibility index (Phi) is 13.0. The molecule has 226 valence electrons. The number of carbonyl (C=O) groups excluding carboxylic acids is 2. The molecule has 38 heavy (non-hydrogen) atoms. The fraction of sp³-hybridized carbons (Fsp3) is 0.941. The lowest BCUT2D eigenvalue weighted by molar-refractivity contribution is -0.137. The van der Waals surface area contributed by atoms with Crippen molar-refractivity contribution in [3.63, 3.8) is 0 Å². The summed E-state index contributed by atoms with van der Waals surface area (Å²) in [6.07, 6.45) is 5.34. The Morgan fingerprint density at radius 1 is 0.763 bits per heavy atom. The number of aliphatic hydroxyl groups is 1. The molecular weight excluding hydrogens is 470 g/mol. The van der Waals surface area contributed by atoms with Gasteiger partial charge in [-0.1, -0.05) is 96.4 Å². The number of aliphatic hydroxyl groups excluding tert-OH is 1. The second-order valence-corrected chi connectivity index (χ2v) is 16.3. The van der Waals surface area contributed by atoms with Crippen molar-refractivity contribution in [2.45, 2.75) is 148 Å². The summed E-state index contributed by atoms with van der Waals surface area (Å²) in [6, 6.07) is 0. The maximum absolute atomic E-state index is 13.7. The first-order valence-electron chi connectivity index (χ1n) is 15.2. The van der Waals surface area contributed by atoms with Crippen molar-refractivity contribution in [3.05, 3.63) is 0 Å². The van der Waals surface area contributed by atoms with Gasteiger partial charge in [0, 0.05) is 29.4 Å². The molecule has 0 amide bonds. The summed E-state index contributed by atoms with van der Waals surface area (Å²) in [6.45, 7) is 33.5. The third-order valence-corrected chi connectivity index (χ3v) is 11.5. The first-order valence-corrected chi connectivity index (χ1v) is 15.2. The highest BCUT2D eigenvalue weighted by atomic mass is 16.3. The van der Waals surface area contributed by atoms with Gasteiger partial charge in [-0.2, -0.15) is 0 Å². The van der Waals surface area contributed by atoms with Crippen LogP contribution >= 0.6 is 0 Å². The maximum atomic E-state index is 13.7. The second-order valence-electron chi connectivity index (χ2n) is 16.3. The topological polar surface area (TPSA) is 57.6 Å². The monoisotopic (exact) mass is 538 g/mol. The van der Waals surface area contributed by atoms with E-state index in [2.05, 4.69) is 116 Å². The molecule has 4 nitrogen and oxygen atoms in total. The number of carbonyl (C=O) groups is 2. The van der Waals surface area contributed by atoms with E-state index in [9.17, 15) is 14.7 Å². The van der Waals surface area contributed by atoms with Gasteiger partial charge < -0.3 is 5.11 Å². The Labute approximate surface area is 238 Å². The zero-order valence-electron chi connectivity index (χ0n) is 28.5. The first-order chi connectivity index (χ1) is 16.8. The first kappa shape index (κ1) is 37.3. The number of hydrogen-bond acceptors (Lipinski definition) is 4. The van der Waals surface area contributed by atoms with Gasteiger partial charge in [0.05, 0.1) is 6.54 Å². The highest BCUT2D eigenvalue weighted by Gasteiger charge is 2.50. The third-order valence-electron chi connectivity index (χ3n) is 11.5. The van der Waals surface area contributed by atoms with Gasteiger partial charge in [0.25, 0.3) is 0 Å². The van der Waals surface area contributed by atoms with Gasteiger partial charge in [0.1, 0.15) is 5.78 Å². The lowest BCUT2D eigenvalue weighted by Gasteiger charge is -2.56. The summed E-state index contributed by atoms with van der Waals surface area (Å²) in [5.41, 5.74) is -1.20. The standard InChI is InChI=1S/C34H67NO3/c1-17-19-30(6,7)32(10,11)27(37)21-26(3)22-29(4,5)28(38)23-35(16)34(14,15)33(12,13)31(8,9)20-18-25(2)24-36/h25-26,36H,17-24H2,1-16H3. The number of likely N-dealkylation sites (N-methyl/N-ethyl adjacent to an activating group) is 1. The van der Waals surface area contributed by atoms with E-state index in [1.165, 1.54) is 0 Å². The maximum Gasteiger partial charge on any atom is 0.152 e. The van der Waals surface area contributed by atoms with Gasteiger partial charge in [-0.25, -0.2) is 0 Å². The number of hydrogen-bond donors (Lipinski definition) is 1. The molecule has 0 rings (SSSR count). The van der Waals surface area contributed by atoms with E-state index in [0.717, 1.165) is 25.7 Å². The van der Waals surface area contributed by atoms with Crippen molar-refractivity contribution in [2.75, 3.05) is 20.2 Å². The number of Topliss-reactive ketones (excluding diaryl/α,β-unsaturated/α-hetero) is 2. The molecule has 1 N–H and O–H groups in total. The Hall–Kier alpha value is -0.740. The molecule has 0 spiro atoms. The van der Waals surface area contributed by atoms with Crippen LogP contribution in [0.4, 0.5) is 0 Å². The van der Waals surface area contributed by atoms with E-state index in [4.69, 9.17) is 0 Å². The molecule has 0 saturated carbocycles. The van der Waals surface area contributed by atoms with Crippen molar-refractivity contribution in [2.24, 2.45) is 38.9 Å². The van der Waals surface area contributed by atoms with Crippen molar-refractivity contribution in [1.82, 2.24) is 4.90 Å². The summed E-state index contributed by atoms with van der Waals surface area (Å²) in [5.74, 6) is 0.996. The van der Waals surface area contributed by atoms with E-state index in [-0.39, 0.29) is 45.5 Å². The SMILES string of the molecule is CCCC(C)(C)C(C)(C)C(=O)CC(C)CC(C)(C)C(=O)CN(C)C(C)(C)C(C)(C)C(C)(C)CCC(C)CO. The molecule has 0 heterocycles. The fourth-order valence-corrected chi connectivity index (χ4v) is 5.89. The van der Waals surface area contributed by atoms with Crippen LogP contribution in [0.5, 0.6) is 0 Å². The van der Waals surface area contributed by atoms with Crippen LogP contribution < -0.4 is 0 Å². The normalized spacial score (nSPS) is 16.1. The Balaban J connectivity index is 5.47. The lowest BCUT2D eigenvalue weighted by Crippen LogP contribution is -2.59. The van der Waals surface area contributed by atoms with Crippen molar-refractivity contribution >= 4 is 11.6 Å². The van der Waals surface area contributed by atoms with Gasteiger partial charge in [-0.05, 0) is 74.7 Å². The second kappa shape index (κ2) is 13.3. The molecule has 0 saturated heterocycles. The molecule has 0 aliphatic heterocycles. The lowest BCUT2D eigenvalue weighted by atomic mass is 9.56. The summed E-state index contributed by atoms with van der Waals surface area (Å²) in [7, 11) is 2.08. The number of rotatable bonds is 18. The number of nitrogens with zero attached hydrogens (tertiary/aromatic N) is 1. The molecule has 2 atom stereocenters. The minimum Gasteiger partial charge on any atom is -0.396 e. The van der Waals surface area contributed by atoms with Gasteiger partial charge in [-0.3, -0.25) is 14.5 Å². The van der Waals surface area contributed by atoms with Crippen molar-refractivity contribution in [3.8, 4) is 0 Å². The van der Waals surface area contributed by atoms with Gasteiger partial charge in [-0.15, -0.1) is 0 Å². The molecule has 0 aromatic rings. The minimum atomic E-state index is -0.497. The molecule has 0 fully saturated rings. The van der Waals surface area contributed by atoms with E-state index in [1.54, 1.807) is 0 Å². The molecular formula is C34H67NO3. The summed E-state index contributed by atoms with van der Waals surface area (Å²) in [4.78, 5) is 29.3. The van der Waals surface area contributed by atoms with E-state index >= 15 is 0 Å². The summed E-state index contributed by atoms with van der Waals surface area (Å²) < 4.78 is 0. The van der Waals surface area contributed by atoms with Crippen LogP contribution in [0, 0.1) is 38.9 Å². The van der Waals surface area contributed by atoms with Crippen LogP contribution in [0.3, 0.4) is 0 Å². The average Bonchev–Trinajstić information content (AvgIpc) is 2.76. The molecule has 0 aromatic carbocycles. The zero-order valence-corrected chi connectivity index (χ0v) is 28.5. The Morgan fingerprint density at radius 3 is 1.71 bits per heavy atom. The van der Waals surface area contributed by atoms with E-state index < -0.39 is 5.41 Å². The molecule has 4 heteroatoms. The average molecular weight is 538 g/mol. The van der Waals surface area contributed by atoms with Crippen molar-refractivity contribution in [1.29, 1.82) is 0 Å². The van der Waals surface area contributed by atoms with Crippen LogP contribution in [-0.4, -0.2) is 47.3 Å². The van der Waals surface area contributed by atoms with Gasteiger partial charge in [0.2, 0.25) is 0 Å². The Morgan fingerprint density at radius 2 is 1.26 bits per heavy atom. The highest BCUT2D eigenvalue weighted by Crippen LogP contribution is 2.52. The van der Waals surface area contributed by atoms with E-state index in [0.29, 0.717) is 31.1 Å². The molecule has 0 bridgehead atoms. The van der Waals surface area contributed by atoms with Gasteiger partial charge in [0.15, 0.2) is 5.78 Å². The zero-order chi connectivity index (χ0) is 30.5. The predicted molar refractivity (Wildman–Crippen MR) is 164 cm³/mol. The van der Waals surface area contributed by atoms with Crippen LogP contribution in [0.25, 0.3) is 0 Å².